The van der Waals surface area contributed by atoms with Crippen LogP contribution in [0.15, 0.2) is 17.0 Å². The van der Waals surface area contributed by atoms with Crippen molar-refractivity contribution in [1.82, 2.24) is 25.4 Å². The molecule has 0 fully saturated rings. The lowest BCUT2D eigenvalue weighted by Gasteiger charge is -1.95. The van der Waals surface area contributed by atoms with Crippen molar-refractivity contribution in [1.29, 1.82) is 0 Å². The molecule has 0 saturated heterocycles. The molecule has 13 heavy (non-hydrogen) atoms. The van der Waals surface area contributed by atoms with E-state index in [1.54, 1.807) is 0 Å². The molecule has 0 saturated carbocycles. The van der Waals surface area contributed by atoms with Crippen molar-refractivity contribution < 1.29 is 9.15 Å². The maximum Gasteiger partial charge on any atom is 0.287 e. The van der Waals surface area contributed by atoms with Crippen molar-refractivity contribution in [3.05, 3.63) is 12.6 Å². The Morgan fingerprint density at radius 3 is 2.77 bits per heavy atom. The number of methoxy groups -OCH3 is 1. The van der Waals surface area contributed by atoms with E-state index in [4.69, 9.17) is 9.15 Å². The first-order valence-corrected chi connectivity index (χ1v) is 3.40. The number of ether oxygens (including phenoxy) is 1. The first-order chi connectivity index (χ1) is 6.40. The quantitative estimate of drug-likeness (QED) is 0.637. The number of hydrogen-bond donors (Lipinski definition) is 0. The fourth-order valence-corrected chi connectivity index (χ4v) is 0.727. The van der Waals surface area contributed by atoms with Crippen LogP contribution in [-0.2, 0) is 0 Å². The minimum absolute atomic E-state index is 0.232. The number of rotatable bonds is 2. The molecular formula is C6H5N5O2. The lowest BCUT2D eigenvalue weighted by Crippen LogP contribution is -1.95. The zero-order chi connectivity index (χ0) is 9.10. The molecule has 0 spiro atoms. The molecule has 0 unspecified atom stereocenters. The van der Waals surface area contributed by atoms with Crippen molar-refractivity contribution >= 4 is 0 Å². The molecule has 0 aromatic carbocycles. The molecule has 0 aliphatic heterocycles. The number of nitrogens with zero attached hydrogens (tertiary/aromatic N) is 5. The third-order valence-corrected chi connectivity index (χ3v) is 1.30. The van der Waals surface area contributed by atoms with E-state index in [1.165, 1.54) is 19.7 Å². The predicted octanol–water partition coefficient (Wildman–Crippen LogP) is -0.0698. The van der Waals surface area contributed by atoms with Gasteiger partial charge in [0.2, 0.25) is 12.2 Å². The summed E-state index contributed by atoms with van der Waals surface area (Å²) in [7, 11) is 1.48. The molecule has 7 nitrogen and oxygen atoms in total. The molecular weight excluding hydrogens is 174 g/mol. The molecule has 0 amide bonds. The molecule has 2 heterocycles. The van der Waals surface area contributed by atoms with Crippen molar-refractivity contribution in [3.8, 4) is 17.6 Å². The van der Waals surface area contributed by atoms with Crippen LogP contribution in [0.4, 0.5) is 0 Å². The summed E-state index contributed by atoms with van der Waals surface area (Å²) >= 11 is 0. The molecule has 7 heteroatoms. The summed E-state index contributed by atoms with van der Waals surface area (Å²) < 4.78 is 9.65. The fourth-order valence-electron chi connectivity index (χ4n) is 0.727. The van der Waals surface area contributed by atoms with Gasteiger partial charge in [0.1, 0.15) is 0 Å². The molecule has 0 atom stereocenters. The van der Waals surface area contributed by atoms with Gasteiger partial charge in [0.25, 0.3) is 11.8 Å². The number of aromatic nitrogens is 5. The van der Waals surface area contributed by atoms with Crippen molar-refractivity contribution in [3.63, 3.8) is 0 Å². The Balaban J connectivity index is 2.33. The van der Waals surface area contributed by atoms with E-state index in [2.05, 4.69) is 25.4 Å². The van der Waals surface area contributed by atoms with Crippen LogP contribution >= 0.6 is 0 Å². The largest absolute Gasteiger partial charge is 0.479 e. The van der Waals surface area contributed by atoms with Crippen LogP contribution in [0.5, 0.6) is 5.88 Å². The maximum absolute atomic E-state index is 4.87. The molecule has 66 valence electrons. The normalized spacial score (nSPS) is 9.92. The standard InChI is InChI=1S/C6H5N5O2/c1-12-4-2-7-5(10-9-4)6-11-8-3-13-6/h2-3H,1H3. The Hall–Kier alpha value is -2.05. The van der Waals surface area contributed by atoms with Gasteiger partial charge in [-0.05, 0) is 0 Å². The molecule has 2 rings (SSSR count). The SMILES string of the molecule is COc1cnc(-c2nnco2)nn1. The van der Waals surface area contributed by atoms with Gasteiger partial charge in [0.05, 0.1) is 13.3 Å². The van der Waals surface area contributed by atoms with Crippen LogP contribution in [0.1, 0.15) is 0 Å². The van der Waals surface area contributed by atoms with Crippen LogP contribution in [-0.4, -0.2) is 32.5 Å². The molecule has 0 N–H and O–H groups in total. The Labute approximate surface area is 72.8 Å². The van der Waals surface area contributed by atoms with Crippen LogP contribution in [0, 0.1) is 0 Å². The van der Waals surface area contributed by atoms with Crippen LogP contribution in [0.3, 0.4) is 0 Å². The molecule has 0 radical (unpaired) electrons. The Kier molecular flexibility index (Phi) is 1.83. The van der Waals surface area contributed by atoms with Crippen molar-refractivity contribution in [2.45, 2.75) is 0 Å². The highest BCUT2D eigenvalue weighted by atomic mass is 16.5. The van der Waals surface area contributed by atoms with Gasteiger partial charge >= 0.3 is 0 Å². The summed E-state index contributed by atoms with van der Waals surface area (Å²) in [6.45, 7) is 0. The molecule has 0 aliphatic carbocycles. The van der Waals surface area contributed by atoms with Gasteiger partial charge in [-0.3, -0.25) is 0 Å². The van der Waals surface area contributed by atoms with E-state index in [0.717, 1.165) is 0 Å². The van der Waals surface area contributed by atoms with Crippen LogP contribution < -0.4 is 4.74 Å². The van der Waals surface area contributed by atoms with Crippen molar-refractivity contribution in [2.24, 2.45) is 0 Å². The lowest BCUT2D eigenvalue weighted by atomic mass is 10.6. The summed E-state index contributed by atoms with van der Waals surface area (Å²) in [5.74, 6) is 0.844. The average Bonchev–Trinajstić information content (AvgIpc) is 2.71. The van der Waals surface area contributed by atoms with E-state index in [1.807, 2.05) is 0 Å². The highest BCUT2D eigenvalue weighted by molar-refractivity contribution is 5.36. The van der Waals surface area contributed by atoms with Gasteiger partial charge in [-0.2, -0.15) is 0 Å². The van der Waals surface area contributed by atoms with E-state index in [9.17, 15) is 0 Å². The summed E-state index contributed by atoms with van der Waals surface area (Å²) in [6, 6.07) is 0. The summed E-state index contributed by atoms with van der Waals surface area (Å²) in [5.41, 5.74) is 0. The zero-order valence-electron chi connectivity index (χ0n) is 6.71. The van der Waals surface area contributed by atoms with Crippen LogP contribution in [0.25, 0.3) is 11.7 Å². The lowest BCUT2D eigenvalue weighted by molar-refractivity contribution is 0.389. The average molecular weight is 179 g/mol. The second kappa shape index (κ2) is 3.13. The first-order valence-electron chi connectivity index (χ1n) is 3.40. The topological polar surface area (TPSA) is 86.8 Å². The first kappa shape index (κ1) is 7.59. The zero-order valence-corrected chi connectivity index (χ0v) is 6.71. The van der Waals surface area contributed by atoms with E-state index >= 15 is 0 Å². The van der Waals surface area contributed by atoms with Crippen LogP contribution in [0.2, 0.25) is 0 Å². The molecule has 2 aromatic heterocycles. The molecule has 0 bridgehead atoms. The monoisotopic (exact) mass is 179 g/mol. The Morgan fingerprint density at radius 2 is 2.23 bits per heavy atom. The van der Waals surface area contributed by atoms with Gasteiger partial charge in [-0.1, -0.05) is 0 Å². The second-order valence-corrected chi connectivity index (χ2v) is 2.07. The third kappa shape index (κ3) is 1.43. The minimum atomic E-state index is 0.232. The Morgan fingerprint density at radius 1 is 1.31 bits per heavy atom. The summed E-state index contributed by atoms with van der Waals surface area (Å²) in [4.78, 5) is 3.90. The van der Waals surface area contributed by atoms with E-state index in [-0.39, 0.29) is 11.7 Å². The summed E-state index contributed by atoms with van der Waals surface area (Å²) in [5, 5.41) is 14.5. The van der Waals surface area contributed by atoms with Crippen molar-refractivity contribution in [2.75, 3.05) is 7.11 Å². The summed E-state index contributed by atoms with van der Waals surface area (Å²) in [6.07, 6.45) is 2.62. The second-order valence-electron chi connectivity index (χ2n) is 2.07. The maximum atomic E-state index is 4.87. The Bertz CT molecular complexity index is 370. The van der Waals surface area contributed by atoms with Gasteiger partial charge in [-0.15, -0.1) is 20.4 Å². The highest BCUT2D eigenvalue weighted by Gasteiger charge is 2.07. The molecule has 0 aliphatic rings. The smallest absolute Gasteiger partial charge is 0.287 e. The molecule has 2 aromatic rings. The number of hydrogen-bond acceptors (Lipinski definition) is 7. The van der Waals surface area contributed by atoms with Gasteiger partial charge in [0, 0.05) is 0 Å². The van der Waals surface area contributed by atoms with E-state index < -0.39 is 0 Å². The van der Waals surface area contributed by atoms with Gasteiger partial charge < -0.3 is 9.15 Å². The highest BCUT2D eigenvalue weighted by Crippen LogP contribution is 2.09. The third-order valence-electron chi connectivity index (χ3n) is 1.30. The fraction of sp³-hybridized carbons (Fsp3) is 0.167. The van der Waals surface area contributed by atoms with E-state index in [0.29, 0.717) is 5.88 Å². The minimum Gasteiger partial charge on any atom is -0.479 e. The van der Waals surface area contributed by atoms with Gasteiger partial charge in [0.15, 0.2) is 0 Å². The van der Waals surface area contributed by atoms with Gasteiger partial charge in [-0.25, -0.2) is 4.98 Å². The predicted molar refractivity (Wildman–Crippen MR) is 39.7 cm³/mol.